The first kappa shape index (κ1) is 18.3. The Morgan fingerprint density at radius 2 is 1.88 bits per heavy atom. The molecule has 130 valence electrons. The van der Waals surface area contributed by atoms with Gasteiger partial charge in [0.2, 0.25) is 0 Å². The highest BCUT2D eigenvalue weighted by Crippen LogP contribution is 2.41. The van der Waals surface area contributed by atoms with Crippen molar-refractivity contribution >= 4 is 29.3 Å². The summed E-state index contributed by atoms with van der Waals surface area (Å²) in [6.45, 7) is 6.00. The number of nitrogens with zero attached hydrogens (tertiary/aromatic N) is 2. The number of ether oxygens (including phenoxy) is 1. The van der Waals surface area contributed by atoms with Gasteiger partial charge in [-0.1, -0.05) is 20.8 Å². The molecule has 0 aromatic heterocycles. The summed E-state index contributed by atoms with van der Waals surface area (Å²) in [4.78, 5) is 36.8. The van der Waals surface area contributed by atoms with Gasteiger partial charge >= 0.3 is 5.97 Å². The van der Waals surface area contributed by atoms with E-state index in [1.165, 1.54) is 48.0 Å². The highest BCUT2D eigenvalue weighted by atomic mass is 32.2. The highest BCUT2D eigenvalue weighted by molar-refractivity contribution is 8.00. The molecule has 1 aliphatic rings. The van der Waals surface area contributed by atoms with Crippen LogP contribution in [0, 0.1) is 15.5 Å². The van der Waals surface area contributed by atoms with E-state index in [1.54, 1.807) is 0 Å². The van der Waals surface area contributed by atoms with Crippen LogP contribution in [0.5, 0.6) is 0 Å². The summed E-state index contributed by atoms with van der Waals surface area (Å²) < 4.78 is 4.83. The number of esters is 1. The topological polar surface area (TPSA) is 89.8 Å². The molecule has 0 N–H and O–H groups in total. The Morgan fingerprint density at radius 3 is 2.33 bits per heavy atom. The largest absolute Gasteiger partial charge is 0.467 e. The van der Waals surface area contributed by atoms with Gasteiger partial charge in [0.25, 0.3) is 11.6 Å². The van der Waals surface area contributed by atoms with E-state index < -0.39 is 16.9 Å². The summed E-state index contributed by atoms with van der Waals surface area (Å²) >= 11 is 1.54. The predicted octanol–water partition coefficient (Wildman–Crippen LogP) is 2.70. The average Bonchev–Trinajstić information content (AvgIpc) is 2.98. The molecule has 1 aromatic rings. The fourth-order valence-corrected chi connectivity index (χ4v) is 4.18. The number of nitro groups is 1. The number of hydrogen-bond acceptors (Lipinski definition) is 6. The molecule has 0 spiro atoms. The van der Waals surface area contributed by atoms with E-state index in [0.29, 0.717) is 11.3 Å². The van der Waals surface area contributed by atoms with Crippen LogP contribution in [0.4, 0.5) is 5.69 Å². The maximum atomic E-state index is 13.0. The lowest BCUT2D eigenvalue weighted by Gasteiger charge is -2.36. The first-order valence-electron chi connectivity index (χ1n) is 7.43. The highest BCUT2D eigenvalue weighted by Gasteiger charge is 2.47. The number of carbonyl (C=O) groups is 2. The van der Waals surface area contributed by atoms with Crippen molar-refractivity contribution in [1.82, 2.24) is 4.90 Å². The summed E-state index contributed by atoms with van der Waals surface area (Å²) in [7, 11) is 1.30. The Morgan fingerprint density at radius 1 is 1.29 bits per heavy atom. The third kappa shape index (κ3) is 3.53. The standard InChI is InChI=1S/C16H20N2O5S/c1-16(2,3)15-17(12(9-24-15)14(20)23-4)13(19)10-5-7-11(8-6-10)18(21)22/h5-8,12,15H,9H2,1-4H3. The van der Waals surface area contributed by atoms with Crippen LogP contribution in [-0.4, -0.2) is 46.0 Å². The van der Waals surface area contributed by atoms with Crippen LogP contribution in [0.15, 0.2) is 24.3 Å². The predicted molar refractivity (Wildman–Crippen MR) is 90.8 cm³/mol. The molecular formula is C16H20N2O5S. The molecule has 0 radical (unpaired) electrons. The van der Waals surface area contributed by atoms with Gasteiger partial charge < -0.3 is 9.64 Å². The summed E-state index contributed by atoms with van der Waals surface area (Å²) in [5, 5.41) is 10.6. The van der Waals surface area contributed by atoms with Gasteiger partial charge in [-0.15, -0.1) is 11.8 Å². The smallest absolute Gasteiger partial charge is 0.329 e. The first-order valence-corrected chi connectivity index (χ1v) is 8.48. The quantitative estimate of drug-likeness (QED) is 0.472. The van der Waals surface area contributed by atoms with Crippen LogP contribution in [0.3, 0.4) is 0 Å². The van der Waals surface area contributed by atoms with Gasteiger partial charge in [-0.2, -0.15) is 0 Å². The molecule has 0 saturated carbocycles. The molecule has 0 aliphatic carbocycles. The zero-order valence-electron chi connectivity index (χ0n) is 14.0. The Labute approximate surface area is 144 Å². The van der Waals surface area contributed by atoms with Crippen molar-refractivity contribution in [2.75, 3.05) is 12.9 Å². The van der Waals surface area contributed by atoms with E-state index in [2.05, 4.69) is 0 Å². The van der Waals surface area contributed by atoms with Gasteiger partial charge in [-0.05, 0) is 17.5 Å². The minimum Gasteiger partial charge on any atom is -0.467 e. The number of non-ortho nitro benzene ring substituents is 1. The molecule has 8 heteroatoms. The number of carbonyl (C=O) groups excluding carboxylic acids is 2. The van der Waals surface area contributed by atoms with E-state index in [9.17, 15) is 19.7 Å². The summed E-state index contributed by atoms with van der Waals surface area (Å²) in [5.74, 6) is -0.317. The van der Waals surface area contributed by atoms with Gasteiger partial charge in [0.05, 0.1) is 17.4 Å². The fourth-order valence-electron chi connectivity index (χ4n) is 2.61. The van der Waals surface area contributed by atoms with Crippen molar-refractivity contribution in [1.29, 1.82) is 0 Å². The molecule has 1 fully saturated rings. The van der Waals surface area contributed by atoms with Gasteiger partial charge in [-0.25, -0.2) is 4.79 Å². The third-order valence-corrected chi connectivity index (χ3v) is 5.53. The van der Waals surface area contributed by atoms with Crippen LogP contribution in [-0.2, 0) is 9.53 Å². The van der Waals surface area contributed by atoms with Gasteiger partial charge in [0, 0.05) is 23.4 Å². The molecule has 1 aliphatic heterocycles. The number of hydrogen-bond donors (Lipinski definition) is 0. The van der Waals surface area contributed by atoms with E-state index in [-0.39, 0.29) is 22.4 Å². The fraction of sp³-hybridized carbons (Fsp3) is 0.500. The Bertz CT molecular complexity index is 653. The molecule has 1 heterocycles. The van der Waals surface area contributed by atoms with Crippen molar-refractivity contribution in [3.8, 4) is 0 Å². The van der Waals surface area contributed by atoms with Crippen molar-refractivity contribution in [2.45, 2.75) is 32.2 Å². The van der Waals surface area contributed by atoms with E-state index in [0.717, 1.165) is 0 Å². The van der Waals surface area contributed by atoms with Gasteiger partial charge in [-0.3, -0.25) is 14.9 Å². The molecule has 1 aromatic carbocycles. The lowest BCUT2D eigenvalue weighted by atomic mass is 9.94. The van der Waals surface area contributed by atoms with Crippen LogP contribution in [0.25, 0.3) is 0 Å². The zero-order valence-corrected chi connectivity index (χ0v) is 14.8. The number of methoxy groups -OCH3 is 1. The molecule has 2 rings (SSSR count). The maximum Gasteiger partial charge on any atom is 0.329 e. The number of rotatable bonds is 3. The molecule has 24 heavy (non-hydrogen) atoms. The number of amides is 1. The van der Waals surface area contributed by atoms with Crippen LogP contribution < -0.4 is 0 Å². The van der Waals surface area contributed by atoms with E-state index >= 15 is 0 Å². The minimum atomic E-state index is -0.660. The summed E-state index contributed by atoms with van der Waals surface area (Å²) in [6.07, 6.45) is 0. The Hall–Kier alpha value is -2.09. The molecule has 2 atom stereocenters. The minimum absolute atomic E-state index is 0.0840. The second-order valence-electron chi connectivity index (χ2n) is 6.61. The molecule has 7 nitrogen and oxygen atoms in total. The zero-order chi connectivity index (χ0) is 18.1. The first-order chi connectivity index (χ1) is 11.2. The summed E-state index contributed by atoms with van der Waals surface area (Å²) in [6, 6.07) is 4.74. The van der Waals surface area contributed by atoms with Crippen molar-refractivity contribution in [3.63, 3.8) is 0 Å². The van der Waals surface area contributed by atoms with E-state index in [4.69, 9.17) is 4.74 Å². The number of benzene rings is 1. The average molecular weight is 352 g/mol. The lowest BCUT2D eigenvalue weighted by Crippen LogP contribution is -2.49. The van der Waals surface area contributed by atoms with Crippen molar-refractivity contribution in [3.05, 3.63) is 39.9 Å². The van der Waals surface area contributed by atoms with Gasteiger partial charge in [0.15, 0.2) is 0 Å². The summed E-state index contributed by atoms with van der Waals surface area (Å²) in [5.41, 5.74) is -0.00496. The molecular weight excluding hydrogens is 332 g/mol. The Kier molecular flexibility index (Phi) is 5.17. The molecule has 2 unspecified atom stereocenters. The van der Waals surface area contributed by atoms with Crippen LogP contribution >= 0.6 is 11.8 Å². The lowest BCUT2D eigenvalue weighted by molar-refractivity contribution is -0.384. The normalized spacial score (nSPS) is 20.8. The van der Waals surface area contributed by atoms with Crippen molar-refractivity contribution in [2.24, 2.45) is 5.41 Å². The SMILES string of the molecule is COC(=O)C1CSC(C(C)(C)C)N1C(=O)c1ccc([N+](=O)[O-])cc1. The second-order valence-corrected chi connectivity index (χ2v) is 7.72. The molecule has 0 bridgehead atoms. The molecule has 1 saturated heterocycles. The third-order valence-electron chi connectivity index (χ3n) is 3.77. The monoisotopic (exact) mass is 352 g/mol. The van der Waals surface area contributed by atoms with E-state index in [1.807, 2.05) is 20.8 Å². The number of nitro benzene ring substituents is 1. The Balaban J connectivity index is 2.36. The van der Waals surface area contributed by atoms with Gasteiger partial charge in [0.1, 0.15) is 6.04 Å². The molecule has 1 amide bonds. The second kappa shape index (κ2) is 6.80. The number of thioether (sulfide) groups is 1. The maximum absolute atomic E-state index is 13.0. The van der Waals surface area contributed by atoms with Crippen LogP contribution in [0.1, 0.15) is 31.1 Å². The van der Waals surface area contributed by atoms with Crippen LogP contribution in [0.2, 0.25) is 0 Å². The van der Waals surface area contributed by atoms with Crippen molar-refractivity contribution < 1.29 is 19.2 Å².